The lowest BCUT2D eigenvalue weighted by molar-refractivity contribution is 0.281. The van der Waals surface area contributed by atoms with E-state index in [1.165, 1.54) is 0 Å². The van der Waals surface area contributed by atoms with Crippen molar-refractivity contribution in [1.29, 1.82) is 0 Å². The summed E-state index contributed by atoms with van der Waals surface area (Å²) in [6.07, 6.45) is 1.65. The van der Waals surface area contributed by atoms with Gasteiger partial charge in [0.1, 0.15) is 5.58 Å². The van der Waals surface area contributed by atoms with Gasteiger partial charge in [0.05, 0.1) is 17.3 Å². The average molecular weight is 241 g/mol. The van der Waals surface area contributed by atoms with E-state index < -0.39 is 0 Å². The molecule has 0 aliphatic heterocycles. The summed E-state index contributed by atoms with van der Waals surface area (Å²) >= 11 is 3.45. The van der Waals surface area contributed by atoms with E-state index in [1.807, 2.05) is 19.1 Å². The van der Waals surface area contributed by atoms with Crippen LogP contribution in [0.1, 0.15) is 11.1 Å². The minimum absolute atomic E-state index is 0.0611. The molecule has 0 fully saturated rings. The second-order valence-corrected chi connectivity index (χ2v) is 3.76. The third-order valence-electron chi connectivity index (χ3n) is 2.21. The molecule has 1 heterocycles. The molecule has 0 saturated heterocycles. The zero-order chi connectivity index (χ0) is 9.42. The van der Waals surface area contributed by atoms with Crippen LogP contribution in [0.5, 0.6) is 0 Å². The number of hydrogen-bond acceptors (Lipinski definition) is 2. The Morgan fingerprint density at radius 1 is 1.54 bits per heavy atom. The predicted molar refractivity (Wildman–Crippen MR) is 54.6 cm³/mol. The zero-order valence-corrected chi connectivity index (χ0v) is 8.76. The van der Waals surface area contributed by atoms with Gasteiger partial charge in [-0.1, -0.05) is 0 Å². The smallest absolute Gasteiger partial charge is 0.148 e. The number of furan rings is 1. The number of aliphatic hydroxyl groups is 1. The minimum atomic E-state index is 0.0611. The van der Waals surface area contributed by atoms with E-state index in [0.29, 0.717) is 0 Å². The number of aliphatic hydroxyl groups excluding tert-OH is 1. The van der Waals surface area contributed by atoms with Crippen molar-refractivity contribution in [3.05, 3.63) is 34.0 Å². The van der Waals surface area contributed by atoms with Crippen LogP contribution >= 0.6 is 15.9 Å². The molecule has 0 unspecified atom stereocenters. The molecule has 13 heavy (non-hydrogen) atoms. The van der Waals surface area contributed by atoms with Crippen LogP contribution in [-0.4, -0.2) is 5.11 Å². The van der Waals surface area contributed by atoms with E-state index in [0.717, 1.165) is 26.6 Å². The lowest BCUT2D eigenvalue weighted by atomic mass is 10.1. The molecule has 2 rings (SSSR count). The highest BCUT2D eigenvalue weighted by atomic mass is 79.9. The van der Waals surface area contributed by atoms with E-state index in [9.17, 15) is 0 Å². The Balaban J connectivity index is 2.83. The molecule has 0 aliphatic rings. The fraction of sp³-hybridized carbons (Fsp3) is 0.200. The molecule has 0 radical (unpaired) electrons. The fourth-order valence-corrected chi connectivity index (χ4v) is 1.96. The number of benzene rings is 1. The van der Waals surface area contributed by atoms with Crippen LogP contribution in [0.4, 0.5) is 0 Å². The third-order valence-corrected chi connectivity index (χ3v) is 3.16. The Morgan fingerprint density at radius 2 is 2.31 bits per heavy atom. The highest BCUT2D eigenvalue weighted by Crippen LogP contribution is 2.30. The molecule has 0 atom stereocenters. The Morgan fingerprint density at radius 3 is 3.00 bits per heavy atom. The maximum Gasteiger partial charge on any atom is 0.148 e. The summed E-state index contributed by atoms with van der Waals surface area (Å²) in [6.45, 7) is 2.02. The van der Waals surface area contributed by atoms with Gasteiger partial charge in [-0.25, -0.2) is 0 Å². The second-order valence-electron chi connectivity index (χ2n) is 2.97. The highest BCUT2D eigenvalue weighted by molar-refractivity contribution is 9.10. The molecule has 2 aromatic rings. The Labute approximate surface area is 84.3 Å². The normalized spacial score (nSPS) is 11.0. The van der Waals surface area contributed by atoms with Crippen LogP contribution in [0.3, 0.4) is 0 Å². The van der Waals surface area contributed by atoms with Gasteiger partial charge in [0.25, 0.3) is 0 Å². The largest absolute Gasteiger partial charge is 0.463 e. The van der Waals surface area contributed by atoms with Gasteiger partial charge in [-0.05, 0) is 46.1 Å². The van der Waals surface area contributed by atoms with Crippen LogP contribution in [-0.2, 0) is 6.61 Å². The van der Waals surface area contributed by atoms with E-state index in [2.05, 4.69) is 15.9 Å². The van der Waals surface area contributed by atoms with Gasteiger partial charge < -0.3 is 9.52 Å². The lowest BCUT2D eigenvalue weighted by Gasteiger charge is -2.04. The van der Waals surface area contributed by atoms with Crippen LogP contribution in [0, 0.1) is 6.92 Å². The second kappa shape index (κ2) is 3.16. The summed E-state index contributed by atoms with van der Waals surface area (Å²) < 4.78 is 6.23. The van der Waals surface area contributed by atoms with Gasteiger partial charge in [0.15, 0.2) is 0 Å². The van der Waals surface area contributed by atoms with Crippen LogP contribution < -0.4 is 0 Å². The first-order valence-electron chi connectivity index (χ1n) is 4.00. The number of halogens is 1. The highest BCUT2D eigenvalue weighted by Gasteiger charge is 2.09. The van der Waals surface area contributed by atoms with Gasteiger partial charge in [0, 0.05) is 5.39 Å². The summed E-state index contributed by atoms with van der Waals surface area (Å²) in [5.41, 5.74) is 2.81. The number of hydrogen-bond donors (Lipinski definition) is 1. The molecule has 0 amide bonds. The van der Waals surface area contributed by atoms with Crippen molar-refractivity contribution in [2.24, 2.45) is 0 Å². The van der Waals surface area contributed by atoms with Crippen LogP contribution in [0.2, 0.25) is 0 Å². The summed E-state index contributed by atoms with van der Waals surface area (Å²) in [5.74, 6) is 0. The summed E-state index contributed by atoms with van der Waals surface area (Å²) in [7, 11) is 0. The molecule has 1 aromatic carbocycles. The van der Waals surface area contributed by atoms with Gasteiger partial charge in [-0.15, -0.1) is 0 Å². The molecule has 0 bridgehead atoms. The van der Waals surface area contributed by atoms with Crippen molar-refractivity contribution in [2.45, 2.75) is 13.5 Å². The zero-order valence-electron chi connectivity index (χ0n) is 7.17. The SMILES string of the molecule is Cc1c(CO)cc2ccoc2c1Br. The van der Waals surface area contributed by atoms with Gasteiger partial charge in [-0.3, -0.25) is 0 Å². The van der Waals surface area contributed by atoms with Crippen molar-refractivity contribution in [3.63, 3.8) is 0 Å². The molecule has 0 spiro atoms. The fourth-order valence-electron chi connectivity index (χ4n) is 1.38. The van der Waals surface area contributed by atoms with Gasteiger partial charge in [-0.2, -0.15) is 0 Å². The van der Waals surface area contributed by atoms with Crippen molar-refractivity contribution in [2.75, 3.05) is 0 Å². The van der Waals surface area contributed by atoms with Gasteiger partial charge in [0.2, 0.25) is 0 Å². The maximum atomic E-state index is 9.09. The molecule has 2 nitrogen and oxygen atoms in total. The monoisotopic (exact) mass is 240 g/mol. The molecular formula is C10H9BrO2. The Kier molecular flexibility index (Phi) is 2.14. The predicted octanol–water partition coefficient (Wildman–Crippen LogP) is 3.00. The van der Waals surface area contributed by atoms with Gasteiger partial charge >= 0.3 is 0 Å². The minimum Gasteiger partial charge on any atom is -0.463 e. The summed E-state index contributed by atoms with van der Waals surface area (Å²) in [4.78, 5) is 0. The Hall–Kier alpha value is -0.800. The van der Waals surface area contributed by atoms with Crippen molar-refractivity contribution < 1.29 is 9.52 Å². The number of rotatable bonds is 1. The first-order chi connectivity index (χ1) is 6.24. The standard InChI is InChI=1S/C10H9BrO2/c1-6-8(5-12)4-7-2-3-13-10(7)9(6)11/h2-4,12H,5H2,1H3. The van der Waals surface area contributed by atoms with E-state index >= 15 is 0 Å². The van der Waals surface area contributed by atoms with E-state index in [-0.39, 0.29) is 6.61 Å². The third kappa shape index (κ3) is 1.28. The first-order valence-corrected chi connectivity index (χ1v) is 4.79. The van der Waals surface area contributed by atoms with Crippen molar-refractivity contribution in [3.8, 4) is 0 Å². The van der Waals surface area contributed by atoms with Crippen molar-refractivity contribution >= 4 is 26.9 Å². The molecule has 1 N–H and O–H groups in total. The Bertz CT molecular complexity index is 445. The molecule has 0 saturated carbocycles. The van der Waals surface area contributed by atoms with Crippen LogP contribution in [0.15, 0.2) is 27.3 Å². The first kappa shape index (κ1) is 8.78. The summed E-state index contributed by atoms with van der Waals surface area (Å²) in [5, 5.41) is 10.1. The van der Waals surface area contributed by atoms with Crippen molar-refractivity contribution in [1.82, 2.24) is 0 Å². The average Bonchev–Trinajstić information content (AvgIpc) is 2.59. The van der Waals surface area contributed by atoms with E-state index in [4.69, 9.17) is 9.52 Å². The van der Waals surface area contributed by atoms with E-state index in [1.54, 1.807) is 6.26 Å². The summed E-state index contributed by atoms with van der Waals surface area (Å²) in [6, 6.07) is 3.83. The molecule has 3 heteroatoms. The lowest BCUT2D eigenvalue weighted by Crippen LogP contribution is -1.89. The molecule has 0 aliphatic carbocycles. The van der Waals surface area contributed by atoms with Crippen LogP contribution in [0.25, 0.3) is 11.0 Å². The number of fused-ring (bicyclic) bond motifs is 1. The molecular weight excluding hydrogens is 232 g/mol. The quantitative estimate of drug-likeness (QED) is 0.832. The topological polar surface area (TPSA) is 33.4 Å². The molecule has 68 valence electrons. The molecule has 1 aromatic heterocycles. The maximum absolute atomic E-state index is 9.09.